The highest BCUT2D eigenvalue weighted by molar-refractivity contribution is 6.01. The molecule has 8 heteroatoms. The zero-order valence-corrected chi connectivity index (χ0v) is 16.9. The predicted molar refractivity (Wildman–Crippen MR) is 116 cm³/mol. The number of ketones is 1. The van der Waals surface area contributed by atoms with Gasteiger partial charge in [0.25, 0.3) is 0 Å². The third-order valence-corrected chi connectivity index (χ3v) is 5.45. The van der Waals surface area contributed by atoms with Gasteiger partial charge in [-0.25, -0.2) is 13.8 Å². The number of nitrogen functional groups attached to an aromatic ring is 1. The normalized spacial score (nSPS) is 16.4. The molecule has 0 radical (unpaired) electrons. The third kappa shape index (κ3) is 4.39. The molecule has 3 heterocycles. The number of hydrogen-bond acceptors (Lipinski definition) is 6. The maximum atomic E-state index is 14.2. The van der Waals surface area contributed by atoms with Crippen LogP contribution in [0.2, 0.25) is 0 Å². The molecule has 1 aromatic carbocycles. The lowest BCUT2D eigenvalue weighted by Crippen LogP contribution is -2.43. The van der Waals surface area contributed by atoms with Gasteiger partial charge in [-0.1, -0.05) is 6.07 Å². The van der Waals surface area contributed by atoms with Gasteiger partial charge in [-0.3, -0.25) is 9.78 Å². The van der Waals surface area contributed by atoms with Gasteiger partial charge < -0.3 is 16.4 Å². The van der Waals surface area contributed by atoms with Gasteiger partial charge in [-0.15, -0.1) is 0 Å². The minimum atomic E-state index is -1.02. The smallest absolute Gasteiger partial charge is 0.187 e. The van der Waals surface area contributed by atoms with E-state index < -0.39 is 11.6 Å². The van der Waals surface area contributed by atoms with Gasteiger partial charge in [0, 0.05) is 54.8 Å². The van der Waals surface area contributed by atoms with Crippen LogP contribution in [-0.2, 0) is 6.42 Å². The molecule has 0 spiro atoms. The highest BCUT2D eigenvalue weighted by atomic mass is 19.2. The molecule has 6 nitrogen and oxygen atoms in total. The minimum absolute atomic E-state index is 0.0197. The van der Waals surface area contributed by atoms with Gasteiger partial charge >= 0.3 is 0 Å². The Bertz CT molecular complexity index is 1120. The molecule has 0 amide bonds. The zero-order chi connectivity index (χ0) is 22.0. The molecular formula is C23H23F2N5O. The molecule has 0 bridgehead atoms. The van der Waals surface area contributed by atoms with Crippen molar-refractivity contribution in [1.29, 1.82) is 0 Å². The fraction of sp³-hybridized carbons (Fsp3) is 0.261. The molecule has 1 fully saturated rings. The van der Waals surface area contributed by atoms with Gasteiger partial charge in [0.05, 0.1) is 11.4 Å². The summed E-state index contributed by atoms with van der Waals surface area (Å²) < 4.78 is 27.8. The van der Waals surface area contributed by atoms with Crippen LogP contribution in [0.15, 0.2) is 48.8 Å². The summed E-state index contributed by atoms with van der Waals surface area (Å²) in [6.07, 6.45) is 5.32. The number of nitrogens with two attached hydrogens (primary N) is 2. The van der Waals surface area contributed by atoms with Crippen LogP contribution in [0.1, 0.15) is 28.9 Å². The van der Waals surface area contributed by atoms with Crippen LogP contribution in [0, 0.1) is 11.6 Å². The van der Waals surface area contributed by atoms with Crippen molar-refractivity contribution in [2.24, 2.45) is 5.73 Å². The lowest BCUT2D eigenvalue weighted by atomic mass is 10.0. The fourth-order valence-electron chi connectivity index (χ4n) is 3.89. The molecule has 160 valence electrons. The van der Waals surface area contributed by atoms with E-state index >= 15 is 0 Å². The second-order valence-corrected chi connectivity index (χ2v) is 7.69. The first-order chi connectivity index (χ1) is 14.9. The molecule has 4 N–H and O–H groups in total. The Hall–Kier alpha value is -3.39. The number of aromatic nitrogens is 2. The van der Waals surface area contributed by atoms with Crippen LogP contribution >= 0.6 is 0 Å². The van der Waals surface area contributed by atoms with Crippen molar-refractivity contribution in [1.82, 2.24) is 9.97 Å². The van der Waals surface area contributed by atoms with Crippen LogP contribution in [0.25, 0.3) is 11.3 Å². The molecule has 1 saturated heterocycles. The molecule has 4 rings (SSSR count). The van der Waals surface area contributed by atoms with Crippen molar-refractivity contribution in [3.05, 3.63) is 71.7 Å². The van der Waals surface area contributed by atoms with Crippen LogP contribution < -0.4 is 16.4 Å². The maximum Gasteiger partial charge on any atom is 0.187 e. The van der Waals surface area contributed by atoms with Gasteiger partial charge in [-0.2, -0.15) is 0 Å². The molecule has 1 aliphatic heterocycles. The van der Waals surface area contributed by atoms with Crippen molar-refractivity contribution in [2.45, 2.75) is 25.3 Å². The number of carbonyl (C=O) groups excluding carboxylic acids is 1. The molecule has 0 unspecified atom stereocenters. The van der Waals surface area contributed by atoms with Crippen molar-refractivity contribution in [3.8, 4) is 11.3 Å². The third-order valence-electron chi connectivity index (χ3n) is 5.45. The molecule has 1 aliphatic rings. The van der Waals surface area contributed by atoms with E-state index in [1.807, 2.05) is 6.07 Å². The van der Waals surface area contributed by atoms with E-state index in [1.54, 1.807) is 12.4 Å². The van der Waals surface area contributed by atoms with Gasteiger partial charge in [-0.05, 0) is 43.2 Å². The summed E-state index contributed by atoms with van der Waals surface area (Å²) >= 11 is 0. The van der Waals surface area contributed by atoms with E-state index in [1.165, 1.54) is 24.3 Å². The first-order valence-electron chi connectivity index (χ1n) is 10.1. The van der Waals surface area contributed by atoms with Crippen LogP contribution in [-0.4, -0.2) is 34.9 Å². The van der Waals surface area contributed by atoms with Gasteiger partial charge in [0.15, 0.2) is 17.4 Å². The second kappa shape index (κ2) is 8.77. The Morgan fingerprint density at radius 3 is 2.84 bits per heavy atom. The average Bonchev–Trinajstić information content (AvgIpc) is 2.76. The molecular weight excluding hydrogens is 400 g/mol. The number of halogens is 2. The number of Topliss-reactive ketones (excluding diaryl/α,β-unsaturated/α-hetero) is 1. The number of anilines is 2. The summed E-state index contributed by atoms with van der Waals surface area (Å²) in [7, 11) is 0. The standard InChI is InChI=1S/C23H23F2N5O/c24-17-5-1-4-16(22(17)25)19-7-6-18(27)23(29-19)21(31)11-14-12-28-9-8-20(14)30-10-2-3-15(26)13-30/h1,4-9,12,15H,2-3,10-11,13,26-27H2/t15-/m0/s1. The largest absolute Gasteiger partial charge is 0.397 e. The number of rotatable bonds is 5. The summed E-state index contributed by atoms with van der Waals surface area (Å²) in [6.45, 7) is 1.56. The number of piperidine rings is 1. The summed E-state index contributed by atoms with van der Waals surface area (Å²) in [5.41, 5.74) is 14.1. The lowest BCUT2D eigenvalue weighted by molar-refractivity contribution is 0.0989. The first-order valence-corrected chi connectivity index (χ1v) is 10.1. The Morgan fingerprint density at radius 2 is 2.03 bits per heavy atom. The van der Waals surface area contributed by atoms with Crippen LogP contribution in [0.3, 0.4) is 0 Å². The van der Waals surface area contributed by atoms with Crippen LogP contribution in [0.5, 0.6) is 0 Å². The monoisotopic (exact) mass is 423 g/mol. The maximum absolute atomic E-state index is 14.2. The number of benzene rings is 1. The number of nitrogens with zero attached hydrogens (tertiary/aromatic N) is 3. The van der Waals surface area contributed by atoms with E-state index in [9.17, 15) is 13.6 Å². The first kappa shape index (κ1) is 20.9. The SMILES string of the molecule is Nc1ccc(-c2cccc(F)c2F)nc1C(=O)Cc1cnccc1N1CCC[C@H](N)C1. The van der Waals surface area contributed by atoms with Crippen molar-refractivity contribution in [2.75, 3.05) is 23.7 Å². The van der Waals surface area contributed by atoms with Crippen molar-refractivity contribution >= 4 is 17.2 Å². The highest BCUT2D eigenvalue weighted by Gasteiger charge is 2.22. The number of hydrogen-bond donors (Lipinski definition) is 2. The Labute approximate surface area is 178 Å². The van der Waals surface area contributed by atoms with E-state index in [0.29, 0.717) is 6.54 Å². The average molecular weight is 423 g/mol. The molecule has 3 aromatic rings. The summed E-state index contributed by atoms with van der Waals surface area (Å²) in [6, 6.07) is 8.72. The molecule has 2 aromatic heterocycles. The molecule has 1 atom stereocenters. The Morgan fingerprint density at radius 1 is 1.19 bits per heavy atom. The molecule has 0 saturated carbocycles. The van der Waals surface area contributed by atoms with E-state index in [0.717, 1.165) is 36.7 Å². The minimum Gasteiger partial charge on any atom is -0.397 e. The van der Waals surface area contributed by atoms with E-state index in [-0.39, 0.29) is 40.9 Å². The van der Waals surface area contributed by atoms with Gasteiger partial charge in [0.1, 0.15) is 5.69 Å². The molecule has 0 aliphatic carbocycles. The number of carbonyl (C=O) groups is 1. The zero-order valence-electron chi connectivity index (χ0n) is 16.9. The Balaban J connectivity index is 1.64. The highest BCUT2D eigenvalue weighted by Crippen LogP contribution is 2.27. The summed E-state index contributed by atoms with van der Waals surface area (Å²) in [5, 5.41) is 0. The molecule has 31 heavy (non-hydrogen) atoms. The quantitative estimate of drug-likeness (QED) is 0.611. The van der Waals surface area contributed by atoms with E-state index in [2.05, 4.69) is 14.9 Å². The second-order valence-electron chi connectivity index (χ2n) is 7.69. The van der Waals surface area contributed by atoms with Gasteiger partial charge in [0.2, 0.25) is 0 Å². The summed E-state index contributed by atoms with van der Waals surface area (Å²) in [4.78, 5) is 23.7. The topological polar surface area (TPSA) is 98.1 Å². The fourth-order valence-corrected chi connectivity index (χ4v) is 3.89. The predicted octanol–water partition coefficient (Wildman–Crippen LogP) is 3.36. The van der Waals surface area contributed by atoms with E-state index in [4.69, 9.17) is 11.5 Å². The van der Waals surface area contributed by atoms with Crippen molar-refractivity contribution < 1.29 is 13.6 Å². The Kier molecular flexibility index (Phi) is 5.90. The number of pyridine rings is 2. The van der Waals surface area contributed by atoms with Crippen molar-refractivity contribution in [3.63, 3.8) is 0 Å². The van der Waals surface area contributed by atoms with Crippen LogP contribution in [0.4, 0.5) is 20.2 Å². The lowest BCUT2D eigenvalue weighted by Gasteiger charge is -2.33. The summed E-state index contributed by atoms with van der Waals surface area (Å²) in [5.74, 6) is -2.33.